The van der Waals surface area contributed by atoms with E-state index in [1.807, 2.05) is 12.3 Å². The van der Waals surface area contributed by atoms with Gasteiger partial charge in [-0.1, -0.05) is 56.3 Å². The number of rotatable bonds is 3. The molecule has 0 fully saturated rings. The van der Waals surface area contributed by atoms with Crippen molar-refractivity contribution in [2.24, 2.45) is 0 Å². The molecule has 0 radical (unpaired) electrons. The minimum atomic E-state index is 0.269. The van der Waals surface area contributed by atoms with Crippen LogP contribution in [0, 0.1) is 0 Å². The fourth-order valence-electron chi connectivity index (χ4n) is 4.14. The first kappa shape index (κ1) is 16.3. The van der Waals surface area contributed by atoms with Gasteiger partial charge in [-0.15, -0.1) is 0 Å². The quantitative estimate of drug-likeness (QED) is 0.666. The molecule has 2 nitrogen and oxygen atoms in total. The van der Waals surface area contributed by atoms with E-state index in [0.717, 1.165) is 5.52 Å². The SMILES string of the molecule is CC(NC1CCC(C)(C)c2ccccc21)c1ccc2cccnc2c1. The van der Waals surface area contributed by atoms with Crippen molar-refractivity contribution in [1.82, 2.24) is 10.3 Å². The van der Waals surface area contributed by atoms with Crippen LogP contribution in [0.4, 0.5) is 0 Å². The van der Waals surface area contributed by atoms with Gasteiger partial charge in [0.2, 0.25) is 0 Å². The highest BCUT2D eigenvalue weighted by Crippen LogP contribution is 2.42. The van der Waals surface area contributed by atoms with Gasteiger partial charge < -0.3 is 5.32 Å². The summed E-state index contributed by atoms with van der Waals surface area (Å²) in [4.78, 5) is 4.50. The zero-order valence-corrected chi connectivity index (χ0v) is 15.3. The minimum Gasteiger partial charge on any atom is -0.303 e. The third-order valence-electron chi connectivity index (χ3n) is 5.70. The largest absolute Gasteiger partial charge is 0.303 e. The van der Waals surface area contributed by atoms with Crippen molar-refractivity contribution in [1.29, 1.82) is 0 Å². The van der Waals surface area contributed by atoms with E-state index in [0.29, 0.717) is 12.1 Å². The van der Waals surface area contributed by atoms with Crippen LogP contribution in [0.1, 0.15) is 62.4 Å². The predicted octanol–water partition coefficient (Wildman–Crippen LogP) is 5.70. The number of hydrogen-bond donors (Lipinski definition) is 1. The fraction of sp³-hybridized carbons (Fsp3) is 0.348. The van der Waals surface area contributed by atoms with Crippen molar-refractivity contribution in [3.05, 3.63) is 77.5 Å². The smallest absolute Gasteiger partial charge is 0.0705 e. The Kier molecular flexibility index (Phi) is 4.09. The molecule has 1 aliphatic rings. The Labute approximate surface area is 150 Å². The molecule has 0 bridgehead atoms. The summed E-state index contributed by atoms with van der Waals surface area (Å²) in [7, 11) is 0. The summed E-state index contributed by atoms with van der Waals surface area (Å²) >= 11 is 0. The monoisotopic (exact) mass is 330 g/mol. The maximum Gasteiger partial charge on any atom is 0.0705 e. The van der Waals surface area contributed by atoms with Crippen LogP contribution >= 0.6 is 0 Å². The van der Waals surface area contributed by atoms with Crippen LogP contribution in [0.25, 0.3) is 10.9 Å². The second-order valence-corrected chi connectivity index (χ2v) is 7.91. The van der Waals surface area contributed by atoms with E-state index in [4.69, 9.17) is 0 Å². The molecule has 1 N–H and O–H groups in total. The molecule has 4 rings (SSSR count). The molecule has 0 aliphatic heterocycles. The fourth-order valence-corrected chi connectivity index (χ4v) is 4.14. The van der Waals surface area contributed by atoms with Crippen LogP contribution in [0.2, 0.25) is 0 Å². The molecule has 2 heteroatoms. The average molecular weight is 330 g/mol. The van der Waals surface area contributed by atoms with Crippen LogP contribution in [-0.2, 0) is 5.41 Å². The zero-order chi connectivity index (χ0) is 17.4. The van der Waals surface area contributed by atoms with Gasteiger partial charge in [0.25, 0.3) is 0 Å². The van der Waals surface area contributed by atoms with E-state index >= 15 is 0 Å². The Balaban J connectivity index is 1.61. The van der Waals surface area contributed by atoms with Gasteiger partial charge in [0.15, 0.2) is 0 Å². The molecule has 1 aromatic heterocycles. The summed E-state index contributed by atoms with van der Waals surface area (Å²) < 4.78 is 0. The number of pyridine rings is 1. The Morgan fingerprint density at radius 2 is 1.92 bits per heavy atom. The summed E-state index contributed by atoms with van der Waals surface area (Å²) in [5.74, 6) is 0. The second kappa shape index (κ2) is 6.27. The van der Waals surface area contributed by atoms with Crippen LogP contribution in [0.5, 0.6) is 0 Å². The molecule has 128 valence electrons. The molecule has 3 aromatic rings. The first-order valence-corrected chi connectivity index (χ1v) is 9.25. The van der Waals surface area contributed by atoms with E-state index in [2.05, 4.69) is 79.6 Å². The van der Waals surface area contributed by atoms with Gasteiger partial charge in [0, 0.05) is 23.7 Å². The lowest BCUT2D eigenvalue weighted by molar-refractivity contribution is 0.340. The van der Waals surface area contributed by atoms with Crippen LogP contribution in [0.3, 0.4) is 0 Å². The maximum atomic E-state index is 4.50. The Hall–Kier alpha value is -2.19. The molecule has 1 aliphatic carbocycles. The average Bonchev–Trinajstić information content (AvgIpc) is 2.64. The maximum absolute atomic E-state index is 4.50. The van der Waals surface area contributed by atoms with Crippen molar-refractivity contribution in [3.63, 3.8) is 0 Å². The van der Waals surface area contributed by atoms with Crippen molar-refractivity contribution in [2.75, 3.05) is 0 Å². The number of nitrogens with zero attached hydrogens (tertiary/aromatic N) is 1. The highest BCUT2D eigenvalue weighted by atomic mass is 14.9. The first-order chi connectivity index (χ1) is 12.0. The molecular weight excluding hydrogens is 304 g/mol. The van der Waals surface area contributed by atoms with Crippen molar-refractivity contribution < 1.29 is 0 Å². The number of aromatic nitrogens is 1. The number of nitrogens with one attached hydrogen (secondary N) is 1. The van der Waals surface area contributed by atoms with Gasteiger partial charge in [0.05, 0.1) is 5.52 Å². The molecular formula is C23H26N2. The van der Waals surface area contributed by atoms with Crippen LogP contribution < -0.4 is 5.32 Å². The number of fused-ring (bicyclic) bond motifs is 2. The summed E-state index contributed by atoms with van der Waals surface area (Å²) in [5.41, 5.74) is 5.59. The first-order valence-electron chi connectivity index (χ1n) is 9.25. The lowest BCUT2D eigenvalue weighted by atomic mass is 9.71. The summed E-state index contributed by atoms with van der Waals surface area (Å²) in [6, 6.07) is 20.4. The van der Waals surface area contributed by atoms with E-state index in [9.17, 15) is 0 Å². The lowest BCUT2D eigenvalue weighted by Gasteiger charge is -2.38. The molecule has 0 saturated carbocycles. The van der Waals surface area contributed by atoms with Gasteiger partial charge in [-0.25, -0.2) is 0 Å². The molecule has 0 spiro atoms. The molecule has 2 aromatic carbocycles. The van der Waals surface area contributed by atoms with Crippen molar-refractivity contribution >= 4 is 10.9 Å². The van der Waals surface area contributed by atoms with E-state index < -0.39 is 0 Å². The third kappa shape index (κ3) is 3.07. The van der Waals surface area contributed by atoms with Gasteiger partial charge >= 0.3 is 0 Å². The summed E-state index contributed by atoms with van der Waals surface area (Å²) in [6.07, 6.45) is 4.26. The van der Waals surface area contributed by atoms with E-state index in [1.54, 1.807) is 0 Å². The highest BCUT2D eigenvalue weighted by Gasteiger charge is 2.32. The Morgan fingerprint density at radius 3 is 2.80 bits per heavy atom. The molecule has 25 heavy (non-hydrogen) atoms. The Bertz CT molecular complexity index is 897. The summed E-state index contributed by atoms with van der Waals surface area (Å²) in [6.45, 7) is 6.98. The van der Waals surface area contributed by atoms with Crippen molar-refractivity contribution in [3.8, 4) is 0 Å². The van der Waals surface area contributed by atoms with E-state index in [-0.39, 0.29) is 5.41 Å². The molecule has 2 unspecified atom stereocenters. The van der Waals surface area contributed by atoms with Crippen molar-refractivity contribution in [2.45, 2.75) is 51.1 Å². The van der Waals surface area contributed by atoms with E-state index in [1.165, 1.54) is 34.9 Å². The van der Waals surface area contributed by atoms with Gasteiger partial charge in [-0.2, -0.15) is 0 Å². The third-order valence-corrected chi connectivity index (χ3v) is 5.70. The lowest BCUT2D eigenvalue weighted by Crippen LogP contribution is -2.33. The molecule has 0 saturated heterocycles. The van der Waals surface area contributed by atoms with Crippen LogP contribution in [0.15, 0.2) is 60.8 Å². The second-order valence-electron chi connectivity index (χ2n) is 7.91. The topological polar surface area (TPSA) is 24.9 Å². The van der Waals surface area contributed by atoms with Gasteiger partial charge in [-0.3, -0.25) is 4.98 Å². The highest BCUT2D eigenvalue weighted by molar-refractivity contribution is 5.78. The number of benzene rings is 2. The Morgan fingerprint density at radius 1 is 1.08 bits per heavy atom. The normalized spacial score (nSPS) is 20.2. The number of hydrogen-bond acceptors (Lipinski definition) is 2. The molecule has 2 atom stereocenters. The molecule has 1 heterocycles. The minimum absolute atomic E-state index is 0.269. The standard InChI is InChI=1S/C23H26N2/c1-16(18-11-10-17-7-6-14-24-22(17)15-18)25-21-12-13-23(2,3)20-9-5-4-8-19(20)21/h4-11,14-16,21,25H,12-13H2,1-3H3. The predicted molar refractivity (Wildman–Crippen MR) is 105 cm³/mol. The molecule has 0 amide bonds. The summed E-state index contributed by atoms with van der Waals surface area (Å²) in [5, 5.41) is 5.06. The van der Waals surface area contributed by atoms with Crippen LogP contribution in [-0.4, -0.2) is 4.98 Å². The zero-order valence-electron chi connectivity index (χ0n) is 15.3. The van der Waals surface area contributed by atoms with Gasteiger partial charge in [-0.05, 0) is 54.0 Å². The van der Waals surface area contributed by atoms with Gasteiger partial charge in [0.1, 0.15) is 0 Å².